The van der Waals surface area contributed by atoms with Gasteiger partial charge in [-0.15, -0.1) is 0 Å². The maximum atomic E-state index is 14.7. The molecular formula is C54H62N4O6Si2. The molecule has 0 spiro atoms. The van der Waals surface area contributed by atoms with E-state index in [4.69, 9.17) is 38.3 Å². The van der Waals surface area contributed by atoms with Gasteiger partial charge in [-0.2, -0.15) is 0 Å². The van der Waals surface area contributed by atoms with E-state index in [0.29, 0.717) is 47.4 Å². The summed E-state index contributed by atoms with van der Waals surface area (Å²) in [7, 11) is -3.95. The summed E-state index contributed by atoms with van der Waals surface area (Å²) in [6.45, 7) is 22.9. The Balaban J connectivity index is 1.01. The molecule has 4 heterocycles. The molecule has 12 heteroatoms. The van der Waals surface area contributed by atoms with E-state index in [-0.39, 0.29) is 23.3 Å². The lowest BCUT2D eigenvalue weighted by Crippen LogP contribution is -2.48. The van der Waals surface area contributed by atoms with E-state index in [2.05, 4.69) is 92.0 Å². The molecule has 2 bridgehead atoms. The molecule has 342 valence electrons. The highest BCUT2D eigenvalue weighted by molar-refractivity contribution is 6.74. The van der Waals surface area contributed by atoms with Gasteiger partial charge >= 0.3 is 11.9 Å². The standard InChI is InChI=1S/C54H62N4O6Si2/c1-53(2,3)65(7,8)63-33-37-21-17-29-45(57-37)43-27-15-19-35(55-43)31-61-51(59)49-47-39-23-11-13-25-41(39)48(42-26-14-12-24-40(42)47)50(49)52(60)62-32-36-20-16-28-44(56-36)46-30-18-22-38(58-46)34-64-66(9,10)54(4,5)6/h11-30,47-50H,31-34H2,1-10H3. The summed E-state index contributed by atoms with van der Waals surface area (Å²) < 4.78 is 25.2. The van der Waals surface area contributed by atoms with Crippen molar-refractivity contribution in [2.75, 3.05) is 0 Å². The molecule has 0 saturated carbocycles. The van der Waals surface area contributed by atoms with Crippen molar-refractivity contribution in [3.8, 4) is 22.8 Å². The highest BCUT2D eigenvalue weighted by Gasteiger charge is 2.56. The maximum Gasteiger partial charge on any atom is 0.311 e. The monoisotopic (exact) mass is 918 g/mol. The van der Waals surface area contributed by atoms with Crippen molar-refractivity contribution in [2.24, 2.45) is 11.8 Å². The number of esters is 2. The Kier molecular flexibility index (Phi) is 13.2. The Labute approximate surface area is 391 Å². The van der Waals surface area contributed by atoms with Crippen LogP contribution in [-0.2, 0) is 54.3 Å². The van der Waals surface area contributed by atoms with Crippen LogP contribution in [0, 0.1) is 11.8 Å². The molecule has 0 aliphatic heterocycles. The summed E-state index contributed by atoms with van der Waals surface area (Å²) in [6.07, 6.45) is 0. The lowest BCUT2D eigenvalue weighted by atomic mass is 9.54. The van der Waals surface area contributed by atoms with Crippen LogP contribution in [0.3, 0.4) is 0 Å². The second-order valence-electron chi connectivity index (χ2n) is 20.6. The Bertz CT molecular complexity index is 2510. The number of pyridine rings is 4. The zero-order chi connectivity index (χ0) is 47.0. The summed E-state index contributed by atoms with van der Waals surface area (Å²) in [6, 6.07) is 39.1. The minimum atomic E-state index is -1.97. The Morgan fingerprint density at radius 3 is 0.970 bits per heavy atom. The number of aromatic nitrogens is 4. The first kappa shape index (κ1) is 46.8. The fourth-order valence-electron chi connectivity index (χ4n) is 8.48. The summed E-state index contributed by atoms with van der Waals surface area (Å²) in [5, 5.41) is 0.167. The van der Waals surface area contributed by atoms with Crippen molar-refractivity contribution in [3.05, 3.63) is 166 Å². The number of benzene rings is 2. The number of fused-ring (bicyclic) bond motifs is 1. The van der Waals surface area contributed by atoms with Gasteiger partial charge in [-0.25, -0.2) is 19.9 Å². The van der Waals surface area contributed by atoms with Gasteiger partial charge in [0.1, 0.15) is 13.2 Å². The molecule has 2 aromatic carbocycles. The zero-order valence-electron chi connectivity index (χ0n) is 39.9. The van der Waals surface area contributed by atoms with E-state index < -0.39 is 52.2 Å². The number of nitrogens with zero attached hydrogens (tertiary/aromatic N) is 4. The molecule has 66 heavy (non-hydrogen) atoms. The van der Waals surface area contributed by atoms with Gasteiger partial charge in [0.15, 0.2) is 16.6 Å². The van der Waals surface area contributed by atoms with Gasteiger partial charge in [-0.1, -0.05) is 114 Å². The zero-order valence-corrected chi connectivity index (χ0v) is 41.9. The summed E-state index contributed by atoms with van der Waals surface area (Å²) in [4.78, 5) is 48.8. The molecule has 6 aromatic rings. The highest BCUT2D eigenvalue weighted by atomic mass is 28.4. The quantitative estimate of drug-likeness (QED) is 0.0771. The number of carbonyl (C=O) groups excluding carboxylic acids is 2. The van der Waals surface area contributed by atoms with Crippen molar-refractivity contribution in [1.82, 2.24) is 19.9 Å². The predicted molar refractivity (Wildman–Crippen MR) is 262 cm³/mol. The normalized spacial score (nSPS) is 18.0. The Morgan fingerprint density at radius 2 is 0.697 bits per heavy atom. The predicted octanol–water partition coefficient (Wildman–Crippen LogP) is 12.0. The van der Waals surface area contributed by atoms with E-state index in [0.717, 1.165) is 33.6 Å². The van der Waals surface area contributed by atoms with Crippen LogP contribution in [0.5, 0.6) is 0 Å². The Morgan fingerprint density at radius 1 is 0.424 bits per heavy atom. The first-order valence-corrected chi connectivity index (χ1v) is 28.8. The van der Waals surface area contributed by atoms with E-state index in [1.807, 2.05) is 97.1 Å². The number of rotatable bonds is 14. The van der Waals surface area contributed by atoms with E-state index in [1.165, 1.54) is 0 Å². The lowest BCUT2D eigenvalue weighted by molar-refractivity contribution is -0.165. The molecule has 9 rings (SSSR count). The molecule has 0 radical (unpaired) electrons. The van der Waals surface area contributed by atoms with Crippen molar-refractivity contribution in [1.29, 1.82) is 0 Å². The summed E-state index contributed by atoms with van der Waals surface area (Å²) >= 11 is 0. The highest BCUT2D eigenvalue weighted by Crippen LogP contribution is 2.59. The van der Waals surface area contributed by atoms with E-state index in [1.54, 1.807) is 0 Å². The lowest BCUT2D eigenvalue weighted by Gasteiger charge is -2.48. The van der Waals surface area contributed by atoms with Gasteiger partial charge in [0.05, 0.1) is 70.6 Å². The Hall–Kier alpha value is -5.67. The molecule has 4 aromatic heterocycles. The molecule has 0 N–H and O–H groups in total. The van der Waals surface area contributed by atoms with Crippen LogP contribution in [0.25, 0.3) is 22.8 Å². The molecule has 10 nitrogen and oxygen atoms in total. The topological polar surface area (TPSA) is 123 Å². The van der Waals surface area contributed by atoms with Gasteiger partial charge in [0.2, 0.25) is 0 Å². The van der Waals surface area contributed by atoms with Crippen molar-refractivity contribution >= 4 is 28.6 Å². The van der Waals surface area contributed by atoms with Gasteiger partial charge in [0, 0.05) is 11.8 Å². The third kappa shape index (κ3) is 9.74. The van der Waals surface area contributed by atoms with Gasteiger partial charge < -0.3 is 18.3 Å². The molecule has 3 aliphatic rings. The fourth-order valence-corrected chi connectivity index (χ4v) is 10.4. The molecule has 2 atom stereocenters. The average Bonchev–Trinajstić information content (AvgIpc) is 3.30. The molecular weight excluding hydrogens is 857 g/mol. The number of hydrogen-bond donors (Lipinski definition) is 0. The van der Waals surface area contributed by atoms with Crippen molar-refractivity contribution < 1.29 is 27.9 Å². The summed E-state index contributed by atoms with van der Waals surface area (Å²) in [5.41, 5.74) is 9.63. The van der Waals surface area contributed by atoms with Crippen LogP contribution in [0.1, 0.15) is 98.4 Å². The third-order valence-corrected chi connectivity index (χ3v) is 23.2. The largest absolute Gasteiger partial charge is 0.459 e. The van der Waals surface area contributed by atoms with Crippen LogP contribution in [0.2, 0.25) is 36.3 Å². The summed E-state index contributed by atoms with van der Waals surface area (Å²) in [5.74, 6) is -3.45. The molecule has 0 saturated heterocycles. The molecule has 0 amide bonds. The number of hydrogen-bond acceptors (Lipinski definition) is 10. The first-order chi connectivity index (χ1) is 31.3. The SMILES string of the molecule is CC(C)(C)[Si](C)(C)OCc1cccc(-c2cccc(COC(=O)C3C4c5ccccc5C(c5ccccc54)C3C(=O)OCc3cccc(-c4cccc(CO[Si](C)(C)C(C)(C)C)n4)n3)n2)n1. The average molecular weight is 919 g/mol. The van der Waals surface area contributed by atoms with Gasteiger partial charge in [-0.05, 0) is 107 Å². The first-order valence-electron chi connectivity index (χ1n) is 22.9. The van der Waals surface area contributed by atoms with Crippen LogP contribution in [0.4, 0.5) is 0 Å². The minimum Gasteiger partial charge on any atom is -0.459 e. The minimum absolute atomic E-state index is 0.0752. The number of carbonyl (C=O) groups is 2. The van der Waals surface area contributed by atoms with Crippen LogP contribution in [0.15, 0.2) is 121 Å². The van der Waals surface area contributed by atoms with E-state index in [9.17, 15) is 9.59 Å². The van der Waals surface area contributed by atoms with Crippen LogP contribution >= 0.6 is 0 Å². The van der Waals surface area contributed by atoms with Crippen molar-refractivity contribution in [2.45, 2.75) is 116 Å². The number of ether oxygens (including phenoxy) is 2. The smallest absolute Gasteiger partial charge is 0.311 e. The fraction of sp³-hybridized carbons (Fsp3) is 0.370. The van der Waals surface area contributed by atoms with Gasteiger partial charge in [-0.3, -0.25) is 9.59 Å². The van der Waals surface area contributed by atoms with Crippen LogP contribution in [-0.4, -0.2) is 48.5 Å². The van der Waals surface area contributed by atoms with Crippen molar-refractivity contribution in [3.63, 3.8) is 0 Å². The second-order valence-corrected chi connectivity index (χ2v) is 30.3. The third-order valence-electron chi connectivity index (χ3n) is 14.2. The van der Waals surface area contributed by atoms with Gasteiger partial charge in [0.25, 0.3) is 0 Å². The van der Waals surface area contributed by atoms with Crippen LogP contribution < -0.4 is 0 Å². The second kappa shape index (κ2) is 18.5. The van der Waals surface area contributed by atoms with E-state index >= 15 is 0 Å². The molecule has 2 unspecified atom stereocenters. The molecule has 3 aliphatic carbocycles. The molecule has 0 fully saturated rings. The maximum absolute atomic E-state index is 14.7.